The van der Waals surface area contributed by atoms with E-state index < -0.39 is 23.2 Å². The van der Waals surface area contributed by atoms with Crippen LogP contribution in [0.4, 0.5) is 4.79 Å². The maximum Gasteiger partial charge on any atom is 0.408 e. The Morgan fingerprint density at radius 1 is 1.18 bits per heavy atom. The SMILES string of the molecule is CC(C)[C@@H]1CC[C@@H](C)C[C@H]1OC(=O)[C@@]1(NC(=O)OC(C)(C)C)CO[C@@H](c2ccc(Br)cc2)C1. The Hall–Kier alpha value is -1.60. The quantitative estimate of drug-likeness (QED) is 0.466. The number of nitrogens with one attached hydrogen (secondary N) is 1. The summed E-state index contributed by atoms with van der Waals surface area (Å²) in [6, 6.07) is 7.80. The third kappa shape index (κ3) is 6.72. The smallest absolute Gasteiger partial charge is 0.408 e. The highest BCUT2D eigenvalue weighted by atomic mass is 79.9. The number of alkyl carbamates (subject to hydrolysis) is 1. The number of ether oxygens (including phenoxy) is 3. The summed E-state index contributed by atoms with van der Waals surface area (Å²) in [5, 5.41) is 2.83. The topological polar surface area (TPSA) is 73.9 Å². The average molecular weight is 524 g/mol. The molecule has 33 heavy (non-hydrogen) atoms. The van der Waals surface area contributed by atoms with E-state index in [0.717, 1.165) is 29.3 Å². The number of esters is 1. The van der Waals surface area contributed by atoms with Gasteiger partial charge in [0, 0.05) is 10.9 Å². The molecule has 1 aliphatic heterocycles. The summed E-state index contributed by atoms with van der Waals surface area (Å²) in [5.41, 5.74) is -1.02. The molecule has 0 aromatic heterocycles. The highest BCUT2D eigenvalue weighted by Gasteiger charge is 2.51. The minimum Gasteiger partial charge on any atom is -0.460 e. The van der Waals surface area contributed by atoms with Gasteiger partial charge in [-0.1, -0.05) is 55.3 Å². The number of carbonyl (C=O) groups is 2. The standard InChI is InChI=1S/C26H38BrNO5/c1-16(2)20-12-7-17(3)13-21(20)32-23(29)26(28-24(30)33-25(4,5)6)14-22(31-15-26)18-8-10-19(27)11-9-18/h8-11,16-17,20-22H,7,12-15H2,1-6H3,(H,28,30)/t17-,20+,21-,22-,26+/m1/s1. The molecule has 0 spiro atoms. The van der Waals surface area contributed by atoms with Crippen LogP contribution in [0.2, 0.25) is 0 Å². The summed E-state index contributed by atoms with van der Waals surface area (Å²) >= 11 is 3.45. The monoisotopic (exact) mass is 523 g/mol. The van der Waals surface area contributed by atoms with Gasteiger partial charge in [0.15, 0.2) is 5.54 Å². The van der Waals surface area contributed by atoms with E-state index in [0.29, 0.717) is 24.2 Å². The molecule has 1 saturated carbocycles. The summed E-state index contributed by atoms with van der Waals surface area (Å²) in [6.45, 7) is 12.0. The van der Waals surface area contributed by atoms with Gasteiger partial charge in [0.1, 0.15) is 11.7 Å². The summed E-state index contributed by atoms with van der Waals surface area (Å²) in [5.74, 6) is 0.800. The molecule has 1 heterocycles. The van der Waals surface area contributed by atoms with Crippen molar-refractivity contribution < 1.29 is 23.8 Å². The molecule has 6 nitrogen and oxygen atoms in total. The van der Waals surface area contributed by atoms with Crippen LogP contribution in [-0.2, 0) is 19.0 Å². The zero-order valence-electron chi connectivity index (χ0n) is 20.7. The lowest BCUT2D eigenvalue weighted by molar-refractivity contribution is -0.164. The predicted octanol–water partition coefficient (Wildman–Crippen LogP) is 6.18. The highest BCUT2D eigenvalue weighted by Crippen LogP contribution is 2.40. The van der Waals surface area contributed by atoms with Crippen molar-refractivity contribution in [1.82, 2.24) is 5.32 Å². The highest BCUT2D eigenvalue weighted by molar-refractivity contribution is 9.10. The number of amides is 1. The van der Waals surface area contributed by atoms with Gasteiger partial charge in [-0.25, -0.2) is 9.59 Å². The van der Waals surface area contributed by atoms with Gasteiger partial charge >= 0.3 is 12.1 Å². The van der Waals surface area contributed by atoms with Crippen molar-refractivity contribution in [2.75, 3.05) is 6.61 Å². The molecule has 184 valence electrons. The van der Waals surface area contributed by atoms with Crippen molar-refractivity contribution in [3.05, 3.63) is 34.3 Å². The second-order valence-electron chi connectivity index (χ2n) is 11.0. The van der Waals surface area contributed by atoms with Crippen molar-refractivity contribution in [2.45, 2.75) is 90.6 Å². The van der Waals surface area contributed by atoms with E-state index >= 15 is 0 Å². The molecule has 1 aromatic rings. The Morgan fingerprint density at radius 2 is 1.85 bits per heavy atom. The van der Waals surface area contributed by atoms with Crippen molar-refractivity contribution >= 4 is 28.0 Å². The van der Waals surface area contributed by atoms with Crippen LogP contribution in [0, 0.1) is 17.8 Å². The molecular formula is C26H38BrNO5. The molecule has 1 N–H and O–H groups in total. The fraction of sp³-hybridized carbons (Fsp3) is 0.692. The van der Waals surface area contributed by atoms with Crippen molar-refractivity contribution in [1.29, 1.82) is 0 Å². The van der Waals surface area contributed by atoms with Crippen LogP contribution in [0.25, 0.3) is 0 Å². The molecule has 1 amide bonds. The fourth-order valence-corrected chi connectivity index (χ4v) is 5.11. The molecule has 2 fully saturated rings. The van der Waals surface area contributed by atoms with Crippen LogP contribution < -0.4 is 5.32 Å². The molecule has 3 rings (SSSR count). The Kier molecular flexibility index (Phi) is 8.15. The van der Waals surface area contributed by atoms with Crippen molar-refractivity contribution in [3.8, 4) is 0 Å². The molecular weight excluding hydrogens is 486 g/mol. The van der Waals surface area contributed by atoms with Crippen LogP contribution >= 0.6 is 15.9 Å². The Bertz CT molecular complexity index is 834. The second kappa shape index (κ2) is 10.3. The van der Waals surface area contributed by atoms with E-state index in [1.165, 1.54) is 0 Å². The third-order valence-corrected chi connectivity index (χ3v) is 7.19. The first-order valence-electron chi connectivity index (χ1n) is 12.0. The van der Waals surface area contributed by atoms with E-state index in [9.17, 15) is 9.59 Å². The molecule has 0 radical (unpaired) electrons. The van der Waals surface area contributed by atoms with Crippen LogP contribution in [0.15, 0.2) is 28.7 Å². The van der Waals surface area contributed by atoms with Gasteiger partial charge < -0.3 is 19.5 Å². The first-order chi connectivity index (χ1) is 15.4. The summed E-state index contributed by atoms with van der Waals surface area (Å²) in [4.78, 5) is 26.4. The molecule has 0 bridgehead atoms. The number of rotatable bonds is 5. The number of benzene rings is 1. The minimum absolute atomic E-state index is 0.0421. The van der Waals surface area contributed by atoms with Gasteiger partial charge in [-0.3, -0.25) is 0 Å². The molecule has 5 atom stereocenters. The zero-order chi connectivity index (χ0) is 24.4. The fourth-order valence-electron chi connectivity index (χ4n) is 4.85. The van der Waals surface area contributed by atoms with Crippen LogP contribution in [-0.4, -0.2) is 35.9 Å². The van der Waals surface area contributed by atoms with Crippen LogP contribution in [0.5, 0.6) is 0 Å². The average Bonchev–Trinajstić information content (AvgIpc) is 3.12. The third-order valence-electron chi connectivity index (χ3n) is 6.66. The lowest BCUT2D eigenvalue weighted by Crippen LogP contribution is -2.58. The van der Waals surface area contributed by atoms with Gasteiger partial charge in [0.05, 0.1) is 12.7 Å². The zero-order valence-corrected chi connectivity index (χ0v) is 22.2. The Morgan fingerprint density at radius 3 is 2.45 bits per heavy atom. The van der Waals surface area contributed by atoms with Gasteiger partial charge in [0.2, 0.25) is 0 Å². The number of hydrogen-bond acceptors (Lipinski definition) is 5. The minimum atomic E-state index is -1.29. The molecule has 0 unspecified atom stereocenters. The van der Waals surface area contributed by atoms with Gasteiger partial charge in [0.25, 0.3) is 0 Å². The normalized spacial score (nSPS) is 30.2. The van der Waals surface area contributed by atoms with Gasteiger partial charge in [-0.2, -0.15) is 0 Å². The lowest BCUT2D eigenvalue weighted by atomic mass is 9.75. The first kappa shape index (κ1) is 26.0. The first-order valence-corrected chi connectivity index (χ1v) is 12.8. The van der Waals surface area contributed by atoms with Crippen molar-refractivity contribution in [2.24, 2.45) is 17.8 Å². The lowest BCUT2D eigenvalue weighted by Gasteiger charge is -2.38. The largest absolute Gasteiger partial charge is 0.460 e. The summed E-state index contributed by atoms with van der Waals surface area (Å²) < 4.78 is 18.6. The van der Waals surface area contributed by atoms with E-state index in [1.54, 1.807) is 20.8 Å². The van der Waals surface area contributed by atoms with Crippen LogP contribution in [0.1, 0.15) is 78.9 Å². The predicted molar refractivity (Wildman–Crippen MR) is 131 cm³/mol. The van der Waals surface area contributed by atoms with Gasteiger partial charge in [-0.15, -0.1) is 0 Å². The van der Waals surface area contributed by atoms with Crippen molar-refractivity contribution in [3.63, 3.8) is 0 Å². The molecule has 2 aliphatic rings. The molecule has 1 saturated heterocycles. The second-order valence-corrected chi connectivity index (χ2v) is 11.9. The molecule has 1 aromatic carbocycles. The summed E-state index contributed by atoms with van der Waals surface area (Å²) in [7, 11) is 0. The number of hydrogen-bond donors (Lipinski definition) is 1. The van der Waals surface area contributed by atoms with E-state index in [4.69, 9.17) is 14.2 Å². The molecule has 1 aliphatic carbocycles. The summed E-state index contributed by atoms with van der Waals surface area (Å²) in [6.07, 6.45) is 2.19. The van der Waals surface area contributed by atoms with E-state index in [1.807, 2.05) is 24.3 Å². The maximum atomic E-state index is 13.7. The van der Waals surface area contributed by atoms with E-state index in [2.05, 4.69) is 42.0 Å². The Labute approximate surface area is 206 Å². The van der Waals surface area contributed by atoms with Crippen LogP contribution in [0.3, 0.4) is 0 Å². The molecule has 7 heteroatoms. The number of carbonyl (C=O) groups excluding carboxylic acids is 2. The van der Waals surface area contributed by atoms with Gasteiger partial charge in [-0.05, 0) is 69.1 Å². The maximum absolute atomic E-state index is 13.7. The Balaban J connectivity index is 1.82. The number of halogens is 1. The van der Waals surface area contributed by atoms with E-state index in [-0.39, 0.29) is 18.8 Å².